The molecule has 1 heterocycles. The maximum absolute atomic E-state index is 13.0. The van der Waals surface area contributed by atoms with Gasteiger partial charge in [-0.15, -0.1) is 0 Å². The van der Waals surface area contributed by atoms with Crippen molar-refractivity contribution in [2.75, 3.05) is 31.5 Å². The Morgan fingerprint density at radius 2 is 1.59 bits per heavy atom. The summed E-state index contributed by atoms with van der Waals surface area (Å²) in [6.45, 7) is 4.50. The fourth-order valence-electron chi connectivity index (χ4n) is 3.49. The van der Waals surface area contributed by atoms with Gasteiger partial charge >= 0.3 is 0 Å². The summed E-state index contributed by atoms with van der Waals surface area (Å²) >= 11 is 5.66. The molecule has 1 fully saturated rings. The molecule has 1 saturated heterocycles. The molecule has 1 N–H and O–H groups in total. The topological polar surface area (TPSA) is 18.5 Å². The Labute approximate surface area is 164 Å². The van der Waals surface area contributed by atoms with Gasteiger partial charge in [0.1, 0.15) is 5.82 Å². The number of nitrogens with zero attached hydrogens (tertiary/aromatic N) is 2. The van der Waals surface area contributed by atoms with E-state index >= 15 is 0 Å². The molecule has 138 valence electrons. The lowest BCUT2D eigenvalue weighted by Crippen LogP contribution is -2.49. The number of hydrogen-bond acceptors (Lipinski definition) is 2. The molecule has 0 unspecified atom stereocenters. The van der Waals surface area contributed by atoms with Gasteiger partial charge in [-0.1, -0.05) is 48.5 Å². The maximum Gasteiger partial charge on any atom is 0.173 e. The van der Waals surface area contributed by atoms with E-state index < -0.39 is 0 Å². The van der Waals surface area contributed by atoms with E-state index in [1.165, 1.54) is 22.9 Å². The number of hydrogen-bond donors (Lipinski definition) is 1. The fraction of sp³-hybridized carbons (Fsp3) is 0.227. The summed E-state index contributed by atoms with van der Waals surface area (Å²) in [4.78, 5) is 4.60. The summed E-state index contributed by atoms with van der Waals surface area (Å²) < 4.78 is 13.0. The Hall–Kier alpha value is -2.50. The van der Waals surface area contributed by atoms with Crippen LogP contribution in [-0.4, -0.2) is 41.1 Å². The molecular formula is C22H22FN3S. The van der Waals surface area contributed by atoms with E-state index in [9.17, 15) is 4.39 Å². The van der Waals surface area contributed by atoms with Crippen LogP contribution in [-0.2, 0) is 6.54 Å². The van der Waals surface area contributed by atoms with E-state index in [4.69, 9.17) is 12.2 Å². The second kappa shape index (κ2) is 8.03. The number of piperazine rings is 1. The van der Waals surface area contributed by atoms with Gasteiger partial charge in [-0.25, -0.2) is 4.39 Å². The molecule has 4 rings (SSSR count). The van der Waals surface area contributed by atoms with Gasteiger partial charge in [-0.2, -0.15) is 0 Å². The third kappa shape index (κ3) is 4.26. The largest absolute Gasteiger partial charge is 0.346 e. The van der Waals surface area contributed by atoms with Crippen molar-refractivity contribution in [2.45, 2.75) is 6.54 Å². The first-order valence-electron chi connectivity index (χ1n) is 9.19. The van der Waals surface area contributed by atoms with Crippen LogP contribution in [0.5, 0.6) is 0 Å². The lowest BCUT2D eigenvalue weighted by Gasteiger charge is -2.36. The van der Waals surface area contributed by atoms with Crippen LogP contribution in [0.4, 0.5) is 10.1 Å². The van der Waals surface area contributed by atoms with Crippen molar-refractivity contribution in [3.8, 4) is 0 Å². The monoisotopic (exact) mass is 379 g/mol. The molecule has 0 saturated carbocycles. The zero-order valence-corrected chi connectivity index (χ0v) is 15.9. The molecule has 0 aliphatic carbocycles. The lowest BCUT2D eigenvalue weighted by atomic mass is 10.1. The predicted octanol–water partition coefficient (Wildman–Crippen LogP) is 4.49. The van der Waals surface area contributed by atoms with Crippen LogP contribution in [0.15, 0.2) is 66.7 Å². The van der Waals surface area contributed by atoms with Crippen molar-refractivity contribution in [1.29, 1.82) is 0 Å². The highest BCUT2D eigenvalue weighted by Crippen LogP contribution is 2.23. The second-order valence-electron chi connectivity index (χ2n) is 6.85. The Bertz CT molecular complexity index is 928. The molecule has 27 heavy (non-hydrogen) atoms. The number of benzene rings is 3. The highest BCUT2D eigenvalue weighted by Gasteiger charge is 2.19. The predicted molar refractivity (Wildman–Crippen MR) is 113 cm³/mol. The van der Waals surface area contributed by atoms with E-state index in [1.807, 2.05) is 30.3 Å². The first-order valence-corrected chi connectivity index (χ1v) is 9.60. The van der Waals surface area contributed by atoms with E-state index in [2.05, 4.69) is 39.4 Å². The molecule has 3 aromatic carbocycles. The highest BCUT2D eigenvalue weighted by molar-refractivity contribution is 7.80. The zero-order chi connectivity index (χ0) is 18.6. The minimum atomic E-state index is -0.187. The van der Waals surface area contributed by atoms with Gasteiger partial charge in [-0.3, -0.25) is 4.90 Å². The van der Waals surface area contributed by atoms with Crippen molar-refractivity contribution in [2.24, 2.45) is 0 Å². The minimum Gasteiger partial charge on any atom is -0.346 e. The summed E-state index contributed by atoms with van der Waals surface area (Å²) in [5.41, 5.74) is 2.19. The molecule has 3 aromatic rings. The Morgan fingerprint density at radius 3 is 2.37 bits per heavy atom. The molecule has 0 amide bonds. The molecule has 0 bridgehead atoms. The number of fused-ring (bicyclic) bond motifs is 1. The van der Waals surface area contributed by atoms with Crippen molar-refractivity contribution < 1.29 is 4.39 Å². The van der Waals surface area contributed by atoms with Gasteiger partial charge in [0.15, 0.2) is 5.11 Å². The Balaban J connectivity index is 1.35. The third-order valence-electron chi connectivity index (χ3n) is 5.01. The van der Waals surface area contributed by atoms with Gasteiger partial charge in [0, 0.05) is 43.8 Å². The van der Waals surface area contributed by atoms with Crippen LogP contribution in [0.2, 0.25) is 0 Å². The average Bonchev–Trinajstić information content (AvgIpc) is 2.70. The minimum absolute atomic E-state index is 0.187. The van der Waals surface area contributed by atoms with Crippen LogP contribution in [0, 0.1) is 5.82 Å². The molecule has 1 aliphatic heterocycles. The highest BCUT2D eigenvalue weighted by atomic mass is 32.1. The summed E-state index contributed by atoms with van der Waals surface area (Å²) in [6, 6.07) is 21.3. The van der Waals surface area contributed by atoms with Crippen LogP contribution in [0.3, 0.4) is 0 Å². The lowest BCUT2D eigenvalue weighted by molar-refractivity contribution is 0.177. The number of nitrogens with one attached hydrogen (secondary N) is 1. The molecule has 0 aromatic heterocycles. The van der Waals surface area contributed by atoms with Crippen LogP contribution in [0.1, 0.15) is 5.56 Å². The SMILES string of the molecule is Fc1ccc(CN2CCN(C(=S)Nc3cccc4ccccc34)CC2)cc1. The third-order valence-corrected chi connectivity index (χ3v) is 5.37. The molecule has 0 atom stereocenters. The number of halogens is 1. The van der Waals surface area contributed by atoms with Gasteiger partial charge in [0.25, 0.3) is 0 Å². The van der Waals surface area contributed by atoms with E-state index in [1.54, 1.807) is 0 Å². The van der Waals surface area contributed by atoms with Crippen LogP contribution >= 0.6 is 12.2 Å². The zero-order valence-electron chi connectivity index (χ0n) is 15.1. The average molecular weight is 380 g/mol. The van der Waals surface area contributed by atoms with Crippen molar-refractivity contribution in [3.63, 3.8) is 0 Å². The van der Waals surface area contributed by atoms with Crippen molar-refractivity contribution in [1.82, 2.24) is 9.80 Å². The van der Waals surface area contributed by atoms with E-state index in [0.717, 1.165) is 49.1 Å². The second-order valence-corrected chi connectivity index (χ2v) is 7.23. The van der Waals surface area contributed by atoms with Gasteiger partial charge in [-0.05, 0) is 41.4 Å². The van der Waals surface area contributed by atoms with Gasteiger partial charge in [0.05, 0.1) is 0 Å². The smallest absolute Gasteiger partial charge is 0.173 e. The quantitative estimate of drug-likeness (QED) is 0.676. The number of rotatable bonds is 3. The Morgan fingerprint density at radius 1 is 0.889 bits per heavy atom. The molecular weight excluding hydrogens is 357 g/mol. The normalized spacial score (nSPS) is 15.1. The summed E-state index contributed by atoms with van der Waals surface area (Å²) in [5, 5.41) is 6.57. The fourth-order valence-corrected chi connectivity index (χ4v) is 3.78. The van der Waals surface area contributed by atoms with Gasteiger partial charge < -0.3 is 10.2 Å². The summed E-state index contributed by atoms with van der Waals surface area (Å²) in [5.74, 6) is -0.187. The first kappa shape index (κ1) is 17.9. The van der Waals surface area contributed by atoms with Crippen molar-refractivity contribution >= 4 is 33.8 Å². The summed E-state index contributed by atoms with van der Waals surface area (Å²) in [6.07, 6.45) is 0. The van der Waals surface area contributed by atoms with Crippen molar-refractivity contribution in [3.05, 3.63) is 78.1 Å². The molecule has 1 aliphatic rings. The number of thiocarbonyl (C=S) groups is 1. The Kier molecular flexibility index (Phi) is 5.32. The van der Waals surface area contributed by atoms with Crippen LogP contribution in [0.25, 0.3) is 10.8 Å². The summed E-state index contributed by atoms with van der Waals surface area (Å²) in [7, 11) is 0. The molecule has 0 radical (unpaired) electrons. The van der Waals surface area contributed by atoms with E-state index in [0.29, 0.717) is 0 Å². The molecule has 5 heteroatoms. The maximum atomic E-state index is 13.0. The van der Waals surface area contributed by atoms with Gasteiger partial charge in [0.2, 0.25) is 0 Å². The number of anilines is 1. The molecule has 3 nitrogen and oxygen atoms in total. The van der Waals surface area contributed by atoms with E-state index in [-0.39, 0.29) is 5.82 Å². The van der Waals surface area contributed by atoms with Crippen LogP contribution < -0.4 is 5.32 Å². The molecule has 0 spiro atoms. The first-order chi connectivity index (χ1) is 13.2. The standard InChI is InChI=1S/C22H22FN3S/c23-19-10-8-17(9-11-19)16-25-12-14-26(15-13-25)22(27)24-21-7-3-5-18-4-1-2-6-20(18)21/h1-11H,12-16H2,(H,24,27).